The molecule has 0 fully saturated rings. The van der Waals surface area contributed by atoms with Gasteiger partial charge in [-0.25, -0.2) is 9.37 Å². The number of hydrogen-bond acceptors (Lipinski definition) is 1. The molecule has 1 heterocycles. The van der Waals surface area contributed by atoms with E-state index in [1.807, 2.05) is 25.1 Å². The third-order valence-electron chi connectivity index (χ3n) is 2.92. The molecule has 0 bridgehead atoms. The number of fused-ring (bicyclic) bond motifs is 1. The van der Waals surface area contributed by atoms with Gasteiger partial charge in [-0.15, -0.1) is 0 Å². The Bertz CT molecular complexity index is 734. The average Bonchev–Trinajstić information content (AvgIpc) is 2.78. The molecule has 1 N–H and O–H groups in total. The second-order valence-electron chi connectivity index (χ2n) is 4.16. The van der Waals surface area contributed by atoms with Crippen LogP contribution >= 0.6 is 15.9 Å². The third-order valence-corrected chi connectivity index (χ3v) is 3.53. The van der Waals surface area contributed by atoms with Crippen LogP contribution in [0.2, 0.25) is 0 Å². The standard InChI is InChI=1S/C14H10BrFN2/c1-8-4-2-7-11-13(8)18-14(17-11)9-5-3-6-10(15)12(9)16/h2-7H,1H3,(H,17,18). The van der Waals surface area contributed by atoms with Gasteiger partial charge in [-0.05, 0) is 46.6 Å². The number of benzene rings is 2. The van der Waals surface area contributed by atoms with Crippen LogP contribution in [0.15, 0.2) is 40.9 Å². The molecule has 2 aromatic carbocycles. The minimum atomic E-state index is -0.297. The van der Waals surface area contributed by atoms with Crippen LogP contribution in [0.4, 0.5) is 4.39 Å². The first-order valence-corrected chi connectivity index (χ1v) is 6.36. The Balaban J connectivity index is 2.26. The second kappa shape index (κ2) is 4.21. The van der Waals surface area contributed by atoms with Gasteiger partial charge in [0.15, 0.2) is 0 Å². The highest BCUT2D eigenvalue weighted by Crippen LogP contribution is 2.28. The summed E-state index contributed by atoms with van der Waals surface area (Å²) < 4.78 is 14.5. The molecule has 2 nitrogen and oxygen atoms in total. The van der Waals surface area contributed by atoms with Crippen molar-refractivity contribution in [2.75, 3.05) is 0 Å². The van der Waals surface area contributed by atoms with Gasteiger partial charge in [0.05, 0.1) is 21.1 Å². The number of aryl methyl sites for hydroxylation is 1. The van der Waals surface area contributed by atoms with Crippen LogP contribution in [0, 0.1) is 12.7 Å². The Labute approximate surface area is 112 Å². The molecular formula is C14H10BrFN2. The van der Waals surface area contributed by atoms with E-state index < -0.39 is 0 Å². The van der Waals surface area contributed by atoms with Gasteiger partial charge in [-0.3, -0.25) is 0 Å². The molecule has 0 unspecified atom stereocenters. The summed E-state index contributed by atoms with van der Waals surface area (Å²) >= 11 is 3.18. The molecule has 0 spiro atoms. The fourth-order valence-corrected chi connectivity index (χ4v) is 2.36. The summed E-state index contributed by atoms with van der Waals surface area (Å²) in [6.07, 6.45) is 0. The van der Waals surface area contributed by atoms with Crippen molar-refractivity contribution in [1.82, 2.24) is 9.97 Å². The molecule has 3 aromatic rings. The number of para-hydroxylation sites is 1. The Hall–Kier alpha value is -1.68. The molecule has 0 aliphatic carbocycles. The highest BCUT2D eigenvalue weighted by Gasteiger charge is 2.12. The lowest BCUT2D eigenvalue weighted by Crippen LogP contribution is -1.87. The summed E-state index contributed by atoms with van der Waals surface area (Å²) in [5.74, 6) is 0.257. The number of nitrogens with zero attached hydrogens (tertiary/aromatic N) is 1. The van der Waals surface area contributed by atoms with E-state index in [-0.39, 0.29) is 5.82 Å². The maximum Gasteiger partial charge on any atom is 0.148 e. The van der Waals surface area contributed by atoms with E-state index in [0.717, 1.165) is 16.6 Å². The zero-order valence-corrected chi connectivity index (χ0v) is 11.3. The number of nitrogens with one attached hydrogen (secondary N) is 1. The fourth-order valence-electron chi connectivity index (χ4n) is 1.99. The minimum Gasteiger partial charge on any atom is -0.338 e. The van der Waals surface area contributed by atoms with Gasteiger partial charge < -0.3 is 4.98 Å². The van der Waals surface area contributed by atoms with E-state index in [1.165, 1.54) is 0 Å². The quantitative estimate of drug-likeness (QED) is 0.707. The van der Waals surface area contributed by atoms with Crippen molar-refractivity contribution in [3.05, 3.63) is 52.3 Å². The second-order valence-corrected chi connectivity index (χ2v) is 5.01. The van der Waals surface area contributed by atoms with Crippen LogP contribution in [0.5, 0.6) is 0 Å². The first kappa shape index (κ1) is 11.4. The summed E-state index contributed by atoms with van der Waals surface area (Å²) in [6, 6.07) is 11.1. The molecule has 18 heavy (non-hydrogen) atoms. The molecule has 0 saturated heterocycles. The van der Waals surface area contributed by atoms with Gasteiger partial charge in [0.25, 0.3) is 0 Å². The van der Waals surface area contributed by atoms with Gasteiger partial charge in [0.1, 0.15) is 11.6 Å². The number of halogens is 2. The Morgan fingerprint density at radius 2 is 1.94 bits per heavy atom. The Morgan fingerprint density at radius 3 is 2.72 bits per heavy atom. The van der Waals surface area contributed by atoms with Crippen molar-refractivity contribution in [2.24, 2.45) is 0 Å². The van der Waals surface area contributed by atoms with Crippen LogP contribution in [0.25, 0.3) is 22.4 Å². The van der Waals surface area contributed by atoms with Gasteiger partial charge in [-0.1, -0.05) is 18.2 Å². The molecular weight excluding hydrogens is 295 g/mol. The number of hydrogen-bond donors (Lipinski definition) is 1. The van der Waals surface area contributed by atoms with Crippen molar-refractivity contribution in [1.29, 1.82) is 0 Å². The number of aromatic nitrogens is 2. The summed E-state index contributed by atoms with van der Waals surface area (Å²) in [4.78, 5) is 7.62. The van der Waals surface area contributed by atoms with Crippen LogP contribution in [-0.4, -0.2) is 9.97 Å². The normalized spacial score (nSPS) is 11.1. The molecule has 0 aliphatic rings. The van der Waals surface area contributed by atoms with Crippen LogP contribution in [-0.2, 0) is 0 Å². The van der Waals surface area contributed by atoms with Crippen molar-refractivity contribution >= 4 is 27.0 Å². The molecule has 0 amide bonds. The molecule has 90 valence electrons. The molecule has 0 aliphatic heterocycles. The van der Waals surface area contributed by atoms with Crippen LogP contribution < -0.4 is 0 Å². The zero-order chi connectivity index (χ0) is 12.7. The number of aromatic amines is 1. The third kappa shape index (κ3) is 1.73. The lowest BCUT2D eigenvalue weighted by atomic mass is 10.2. The van der Waals surface area contributed by atoms with Crippen molar-refractivity contribution in [2.45, 2.75) is 6.92 Å². The van der Waals surface area contributed by atoms with Gasteiger partial charge in [0, 0.05) is 0 Å². The summed E-state index contributed by atoms with van der Waals surface area (Å²) in [6.45, 7) is 1.99. The molecule has 3 rings (SSSR count). The van der Waals surface area contributed by atoms with E-state index >= 15 is 0 Å². The van der Waals surface area contributed by atoms with Crippen LogP contribution in [0.1, 0.15) is 5.56 Å². The van der Waals surface area contributed by atoms with E-state index in [1.54, 1.807) is 18.2 Å². The van der Waals surface area contributed by atoms with E-state index in [2.05, 4.69) is 25.9 Å². The number of H-pyrrole nitrogens is 1. The van der Waals surface area contributed by atoms with E-state index in [9.17, 15) is 4.39 Å². The first-order chi connectivity index (χ1) is 8.66. The lowest BCUT2D eigenvalue weighted by molar-refractivity contribution is 0.623. The molecule has 0 radical (unpaired) electrons. The van der Waals surface area contributed by atoms with Gasteiger partial charge in [-0.2, -0.15) is 0 Å². The van der Waals surface area contributed by atoms with E-state index in [0.29, 0.717) is 15.9 Å². The fraction of sp³-hybridized carbons (Fsp3) is 0.0714. The highest BCUT2D eigenvalue weighted by molar-refractivity contribution is 9.10. The minimum absolute atomic E-state index is 0.297. The predicted molar refractivity (Wildman–Crippen MR) is 73.9 cm³/mol. The van der Waals surface area contributed by atoms with Crippen molar-refractivity contribution in [3.8, 4) is 11.4 Å². The zero-order valence-electron chi connectivity index (χ0n) is 9.67. The molecule has 0 atom stereocenters. The average molecular weight is 305 g/mol. The SMILES string of the molecule is Cc1cccc2[nH]c(-c3cccc(Br)c3F)nc12. The predicted octanol–water partition coefficient (Wildman–Crippen LogP) is 4.44. The lowest BCUT2D eigenvalue weighted by Gasteiger charge is -2.00. The largest absolute Gasteiger partial charge is 0.338 e. The maximum atomic E-state index is 14.0. The molecule has 0 saturated carbocycles. The number of imidazole rings is 1. The molecule has 1 aromatic heterocycles. The van der Waals surface area contributed by atoms with E-state index in [4.69, 9.17) is 0 Å². The number of rotatable bonds is 1. The van der Waals surface area contributed by atoms with Crippen molar-refractivity contribution in [3.63, 3.8) is 0 Å². The monoisotopic (exact) mass is 304 g/mol. The summed E-state index contributed by atoms with van der Waals surface area (Å²) in [5, 5.41) is 0. The van der Waals surface area contributed by atoms with Crippen LogP contribution in [0.3, 0.4) is 0 Å². The summed E-state index contributed by atoms with van der Waals surface area (Å²) in [7, 11) is 0. The highest BCUT2D eigenvalue weighted by atomic mass is 79.9. The topological polar surface area (TPSA) is 28.7 Å². The Kier molecular flexibility index (Phi) is 2.67. The Morgan fingerprint density at radius 1 is 1.17 bits per heavy atom. The smallest absolute Gasteiger partial charge is 0.148 e. The maximum absolute atomic E-state index is 14.0. The summed E-state index contributed by atoms with van der Waals surface area (Å²) in [5.41, 5.74) is 3.35. The molecule has 4 heteroatoms. The van der Waals surface area contributed by atoms with Gasteiger partial charge in [0.2, 0.25) is 0 Å². The van der Waals surface area contributed by atoms with Crippen molar-refractivity contribution < 1.29 is 4.39 Å². The van der Waals surface area contributed by atoms with Gasteiger partial charge >= 0.3 is 0 Å². The first-order valence-electron chi connectivity index (χ1n) is 5.56.